The lowest BCUT2D eigenvalue weighted by Gasteiger charge is -2.23. The first-order valence-corrected chi connectivity index (χ1v) is 8.17. The van der Waals surface area contributed by atoms with Crippen molar-refractivity contribution in [2.24, 2.45) is 0 Å². The summed E-state index contributed by atoms with van der Waals surface area (Å²) in [4.78, 5) is -0.324. The molecule has 1 N–H and O–H groups in total. The lowest BCUT2D eigenvalue weighted by molar-refractivity contribution is 0.504. The van der Waals surface area contributed by atoms with E-state index in [4.69, 9.17) is 0 Å². The molecule has 0 fully saturated rings. The average molecular weight is 325 g/mol. The third kappa shape index (κ3) is 3.44. The van der Waals surface area contributed by atoms with Crippen LogP contribution in [0.15, 0.2) is 47.4 Å². The Labute approximate surface area is 129 Å². The summed E-state index contributed by atoms with van der Waals surface area (Å²) in [6, 6.07) is 9.47. The molecule has 0 atom stereocenters. The molecule has 0 aliphatic rings. The highest BCUT2D eigenvalue weighted by molar-refractivity contribution is 7.92. The molecule has 0 spiro atoms. The number of halogens is 2. The van der Waals surface area contributed by atoms with E-state index in [1.807, 2.05) is 32.9 Å². The molecule has 22 heavy (non-hydrogen) atoms. The van der Waals surface area contributed by atoms with Gasteiger partial charge in [-0.25, -0.2) is 17.2 Å². The van der Waals surface area contributed by atoms with E-state index >= 15 is 0 Å². The largest absolute Gasteiger partial charge is 0.279 e. The molecule has 0 heterocycles. The molecule has 0 unspecified atom stereocenters. The fourth-order valence-corrected chi connectivity index (χ4v) is 3.16. The van der Waals surface area contributed by atoms with E-state index in [1.165, 1.54) is 0 Å². The lowest BCUT2D eigenvalue weighted by atomic mass is 9.86. The SMILES string of the molecule is CC(C)(C)c1ccccc1NS(=O)(=O)c1ccc(F)c(F)c1. The topological polar surface area (TPSA) is 46.2 Å². The van der Waals surface area contributed by atoms with Crippen molar-refractivity contribution >= 4 is 15.7 Å². The molecule has 0 bridgehead atoms. The Kier molecular flexibility index (Phi) is 4.24. The van der Waals surface area contributed by atoms with Crippen molar-refractivity contribution in [2.75, 3.05) is 4.72 Å². The van der Waals surface area contributed by atoms with Crippen LogP contribution < -0.4 is 4.72 Å². The first-order chi connectivity index (χ1) is 10.1. The summed E-state index contributed by atoms with van der Waals surface area (Å²) < 4.78 is 53.3. The van der Waals surface area contributed by atoms with Gasteiger partial charge in [0.25, 0.3) is 10.0 Å². The van der Waals surface area contributed by atoms with Gasteiger partial charge in [-0.15, -0.1) is 0 Å². The molecule has 3 nitrogen and oxygen atoms in total. The number of hydrogen-bond acceptors (Lipinski definition) is 2. The molecule has 2 aromatic carbocycles. The summed E-state index contributed by atoms with van der Waals surface area (Å²) in [5.74, 6) is -2.29. The molecule has 0 aliphatic carbocycles. The lowest BCUT2D eigenvalue weighted by Crippen LogP contribution is -2.19. The van der Waals surface area contributed by atoms with Gasteiger partial charge < -0.3 is 0 Å². The summed E-state index contributed by atoms with van der Waals surface area (Å²) in [5.41, 5.74) is 0.952. The number of hydrogen-bond donors (Lipinski definition) is 1. The van der Waals surface area contributed by atoms with Gasteiger partial charge in [0.1, 0.15) is 0 Å². The number of rotatable bonds is 3. The molecule has 118 valence electrons. The quantitative estimate of drug-likeness (QED) is 0.925. The molecule has 0 radical (unpaired) electrons. The standard InChI is InChI=1S/C16H17F2NO2S/c1-16(2,3)12-6-4-5-7-15(12)19-22(20,21)11-8-9-13(17)14(18)10-11/h4-10,19H,1-3H3. The Balaban J connectivity index is 2.44. The van der Waals surface area contributed by atoms with E-state index in [1.54, 1.807) is 12.1 Å². The van der Waals surface area contributed by atoms with Gasteiger partial charge in [0.15, 0.2) is 11.6 Å². The first kappa shape index (κ1) is 16.4. The van der Waals surface area contributed by atoms with Crippen molar-refractivity contribution in [2.45, 2.75) is 31.1 Å². The minimum atomic E-state index is -3.99. The molecule has 2 aromatic rings. The second-order valence-corrected chi connectivity index (χ2v) is 7.66. The molecule has 0 aliphatic heterocycles. The van der Waals surface area contributed by atoms with Crippen molar-refractivity contribution in [3.63, 3.8) is 0 Å². The number of anilines is 1. The van der Waals surface area contributed by atoms with Gasteiger partial charge in [0.05, 0.1) is 10.6 Å². The van der Waals surface area contributed by atoms with Crippen molar-refractivity contribution < 1.29 is 17.2 Å². The van der Waals surface area contributed by atoms with Gasteiger partial charge in [-0.3, -0.25) is 4.72 Å². The van der Waals surface area contributed by atoms with Gasteiger partial charge in [-0.05, 0) is 35.2 Å². The summed E-state index contributed by atoms with van der Waals surface area (Å²) in [7, 11) is -3.99. The third-order valence-corrected chi connectivity index (χ3v) is 4.54. The highest BCUT2D eigenvalue weighted by atomic mass is 32.2. The van der Waals surface area contributed by atoms with Crippen LogP contribution in [0.25, 0.3) is 0 Å². The van der Waals surface area contributed by atoms with Crippen LogP contribution in [0.3, 0.4) is 0 Å². The van der Waals surface area contributed by atoms with E-state index in [0.717, 1.165) is 17.7 Å². The molecule has 0 saturated heterocycles. The Hall–Kier alpha value is -1.95. The van der Waals surface area contributed by atoms with Crippen LogP contribution in [0.5, 0.6) is 0 Å². The Bertz CT molecular complexity index is 796. The molecule has 0 amide bonds. The summed E-state index contributed by atoms with van der Waals surface area (Å²) in [6.07, 6.45) is 0. The van der Waals surface area contributed by atoms with E-state index in [-0.39, 0.29) is 10.3 Å². The number of benzene rings is 2. The van der Waals surface area contributed by atoms with Gasteiger partial charge >= 0.3 is 0 Å². The van der Waals surface area contributed by atoms with E-state index in [9.17, 15) is 17.2 Å². The minimum absolute atomic E-state index is 0.271. The maximum atomic E-state index is 13.2. The second kappa shape index (κ2) is 5.68. The fraction of sp³-hybridized carbons (Fsp3) is 0.250. The Morgan fingerprint density at radius 3 is 2.18 bits per heavy atom. The Morgan fingerprint density at radius 2 is 1.59 bits per heavy atom. The number of sulfonamides is 1. The predicted octanol–water partition coefficient (Wildman–Crippen LogP) is 4.06. The average Bonchev–Trinajstić information content (AvgIpc) is 2.40. The maximum Gasteiger partial charge on any atom is 0.262 e. The van der Waals surface area contributed by atoms with Crippen LogP contribution in [0, 0.1) is 11.6 Å². The van der Waals surface area contributed by atoms with Crippen molar-refractivity contribution in [3.8, 4) is 0 Å². The van der Waals surface area contributed by atoms with Crippen LogP contribution in [0.4, 0.5) is 14.5 Å². The minimum Gasteiger partial charge on any atom is -0.279 e. The van der Waals surface area contributed by atoms with Crippen LogP contribution in [-0.4, -0.2) is 8.42 Å². The van der Waals surface area contributed by atoms with Gasteiger partial charge in [0.2, 0.25) is 0 Å². The molecule has 0 saturated carbocycles. The van der Waals surface area contributed by atoms with Crippen LogP contribution in [0.1, 0.15) is 26.3 Å². The van der Waals surface area contributed by atoms with Crippen molar-refractivity contribution in [1.82, 2.24) is 0 Å². The Morgan fingerprint density at radius 1 is 0.955 bits per heavy atom. The van der Waals surface area contributed by atoms with E-state index < -0.39 is 21.7 Å². The summed E-state index contributed by atoms with van der Waals surface area (Å²) in [5, 5.41) is 0. The van der Waals surface area contributed by atoms with E-state index in [2.05, 4.69) is 4.72 Å². The highest BCUT2D eigenvalue weighted by Crippen LogP contribution is 2.30. The smallest absolute Gasteiger partial charge is 0.262 e. The zero-order chi connectivity index (χ0) is 16.5. The van der Waals surface area contributed by atoms with Gasteiger partial charge in [-0.1, -0.05) is 39.0 Å². The number of nitrogens with one attached hydrogen (secondary N) is 1. The van der Waals surface area contributed by atoms with Gasteiger partial charge in [0, 0.05) is 0 Å². The molecular formula is C16H17F2NO2S. The summed E-state index contributed by atoms with van der Waals surface area (Å²) >= 11 is 0. The third-order valence-electron chi connectivity index (χ3n) is 3.18. The second-order valence-electron chi connectivity index (χ2n) is 5.98. The zero-order valence-electron chi connectivity index (χ0n) is 12.5. The molecule has 6 heteroatoms. The highest BCUT2D eigenvalue weighted by Gasteiger charge is 2.22. The van der Waals surface area contributed by atoms with E-state index in [0.29, 0.717) is 11.8 Å². The monoisotopic (exact) mass is 325 g/mol. The normalized spacial score (nSPS) is 12.2. The fourth-order valence-electron chi connectivity index (χ4n) is 2.07. The molecular weight excluding hydrogens is 308 g/mol. The summed E-state index contributed by atoms with van der Waals surface area (Å²) in [6.45, 7) is 5.87. The number of para-hydroxylation sites is 1. The molecule has 0 aromatic heterocycles. The van der Waals surface area contributed by atoms with Crippen molar-refractivity contribution in [3.05, 3.63) is 59.7 Å². The van der Waals surface area contributed by atoms with Crippen LogP contribution in [0.2, 0.25) is 0 Å². The van der Waals surface area contributed by atoms with Gasteiger partial charge in [-0.2, -0.15) is 0 Å². The van der Waals surface area contributed by atoms with Crippen molar-refractivity contribution in [1.29, 1.82) is 0 Å². The predicted molar refractivity (Wildman–Crippen MR) is 82.3 cm³/mol. The maximum absolute atomic E-state index is 13.2. The first-order valence-electron chi connectivity index (χ1n) is 6.68. The van der Waals surface area contributed by atoms with Crippen LogP contribution in [-0.2, 0) is 15.4 Å². The molecule has 2 rings (SSSR count). The van der Waals surface area contributed by atoms with Crippen LogP contribution >= 0.6 is 0 Å². The zero-order valence-corrected chi connectivity index (χ0v) is 13.3.